The van der Waals surface area contributed by atoms with E-state index in [2.05, 4.69) is 10.6 Å². The van der Waals surface area contributed by atoms with Gasteiger partial charge in [-0.3, -0.25) is 9.59 Å². The third-order valence-electron chi connectivity index (χ3n) is 6.94. The van der Waals surface area contributed by atoms with E-state index in [1.807, 2.05) is 43.0 Å². The first kappa shape index (κ1) is 19.7. The normalized spacial score (nSPS) is 24.6. The van der Waals surface area contributed by atoms with E-state index in [4.69, 9.17) is 0 Å². The first-order valence-electron chi connectivity index (χ1n) is 10.6. The molecule has 7 heteroatoms. The van der Waals surface area contributed by atoms with E-state index in [0.29, 0.717) is 32.6 Å². The molecule has 2 fully saturated rings. The second kappa shape index (κ2) is 7.69. The summed E-state index contributed by atoms with van der Waals surface area (Å²) in [5.74, 6) is 0.0557. The van der Waals surface area contributed by atoms with E-state index in [-0.39, 0.29) is 29.2 Å². The molecule has 0 aliphatic carbocycles. The van der Waals surface area contributed by atoms with Gasteiger partial charge in [0, 0.05) is 31.7 Å². The van der Waals surface area contributed by atoms with E-state index >= 15 is 0 Å². The van der Waals surface area contributed by atoms with E-state index < -0.39 is 6.04 Å². The van der Waals surface area contributed by atoms with E-state index in [1.54, 1.807) is 4.90 Å². The number of hydrogen-bond donors (Lipinski definition) is 2. The van der Waals surface area contributed by atoms with Crippen LogP contribution in [-0.4, -0.2) is 53.3 Å². The van der Waals surface area contributed by atoms with Crippen LogP contribution >= 0.6 is 0 Å². The summed E-state index contributed by atoms with van der Waals surface area (Å²) in [6.45, 7) is 6.46. The number of hydrogen-bond acceptors (Lipinski definition) is 3. The molecule has 2 saturated heterocycles. The molecule has 0 radical (unpaired) electrons. The minimum absolute atomic E-state index is 0.00721. The smallest absolute Gasteiger partial charge is 0.321 e. The Kier molecular flexibility index (Phi) is 5.23. The number of piperidine rings is 1. The lowest BCUT2D eigenvalue weighted by molar-refractivity contribution is -0.122. The number of anilines is 1. The van der Waals surface area contributed by atoms with E-state index in [1.165, 1.54) is 0 Å². The molecule has 4 amide bonds. The highest BCUT2D eigenvalue weighted by molar-refractivity contribution is 5.98. The van der Waals surface area contributed by atoms with Gasteiger partial charge in [-0.05, 0) is 35.8 Å². The number of amides is 4. The van der Waals surface area contributed by atoms with Crippen LogP contribution in [0.3, 0.4) is 0 Å². The first-order valence-corrected chi connectivity index (χ1v) is 10.6. The molecule has 0 aromatic heterocycles. The SMILES string of the molecule is CC[C@H](C)[C@H]1C(=O)Nc2ccccc2CN1C(=O)N1CCC2(CC1)CNC(=O)C2. The van der Waals surface area contributed by atoms with Gasteiger partial charge in [0.05, 0.1) is 6.54 Å². The molecule has 1 spiro atoms. The Labute approximate surface area is 171 Å². The lowest BCUT2D eigenvalue weighted by atomic mass is 9.78. The molecule has 3 heterocycles. The maximum Gasteiger partial charge on any atom is 0.321 e. The van der Waals surface area contributed by atoms with Gasteiger partial charge in [0.2, 0.25) is 11.8 Å². The van der Waals surface area contributed by atoms with Crippen molar-refractivity contribution in [1.29, 1.82) is 0 Å². The molecular weight excluding hydrogens is 368 g/mol. The monoisotopic (exact) mass is 398 g/mol. The quantitative estimate of drug-likeness (QED) is 0.803. The van der Waals surface area contributed by atoms with Gasteiger partial charge in [-0.2, -0.15) is 0 Å². The number of nitrogens with zero attached hydrogens (tertiary/aromatic N) is 2. The first-order chi connectivity index (χ1) is 13.9. The molecule has 29 heavy (non-hydrogen) atoms. The molecule has 7 nitrogen and oxygen atoms in total. The van der Waals surface area contributed by atoms with Crippen LogP contribution in [-0.2, 0) is 16.1 Å². The van der Waals surface area contributed by atoms with Gasteiger partial charge in [-0.15, -0.1) is 0 Å². The van der Waals surface area contributed by atoms with Crippen molar-refractivity contribution in [2.45, 2.75) is 52.1 Å². The van der Waals surface area contributed by atoms with Gasteiger partial charge in [0.25, 0.3) is 0 Å². The molecule has 156 valence electrons. The molecule has 4 rings (SSSR count). The molecular formula is C22H30N4O3. The second-order valence-electron chi connectivity index (χ2n) is 8.83. The Morgan fingerprint density at radius 1 is 1.24 bits per heavy atom. The Hall–Kier alpha value is -2.57. The van der Waals surface area contributed by atoms with Crippen LogP contribution in [0.25, 0.3) is 0 Å². The van der Waals surface area contributed by atoms with Gasteiger partial charge in [0.1, 0.15) is 6.04 Å². The lowest BCUT2D eigenvalue weighted by Gasteiger charge is -2.42. The molecule has 3 aliphatic heterocycles. The maximum atomic E-state index is 13.5. The average molecular weight is 399 g/mol. The van der Waals surface area contributed by atoms with Gasteiger partial charge in [0.15, 0.2) is 0 Å². The number of likely N-dealkylation sites (tertiary alicyclic amines) is 1. The summed E-state index contributed by atoms with van der Waals surface area (Å²) in [5, 5.41) is 5.96. The fourth-order valence-corrected chi connectivity index (χ4v) is 4.84. The van der Waals surface area contributed by atoms with Crippen molar-refractivity contribution in [3.63, 3.8) is 0 Å². The highest BCUT2D eigenvalue weighted by Gasteiger charge is 2.44. The highest BCUT2D eigenvalue weighted by atomic mass is 16.2. The largest absolute Gasteiger partial charge is 0.356 e. The standard InChI is InChI=1S/C22H30N4O3/c1-3-15(2)19-20(28)24-17-7-5-4-6-16(17)13-26(19)21(29)25-10-8-22(9-11-25)12-18(27)23-14-22/h4-7,15,19H,3,8-14H2,1-2H3,(H,23,27)(H,24,28)/t15-,19-/m0/s1. The fraction of sp³-hybridized carbons (Fsp3) is 0.591. The van der Waals surface area contributed by atoms with Crippen molar-refractivity contribution in [1.82, 2.24) is 15.1 Å². The zero-order valence-electron chi connectivity index (χ0n) is 17.2. The molecule has 1 aromatic rings. The number of para-hydroxylation sites is 1. The number of fused-ring (bicyclic) bond motifs is 1. The van der Waals surface area contributed by atoms with Gasteiger partial charge in [-0.25, -0.2) is 4.79 Å². The summed E-state index contributed by atoms with van der Waals surface area (Å²) >= 11 is 0. The minimum atomic E-state index is -0.495. The van der Waals surface area contributed by atoms with Crippen LogP contribution in [0.2, 0.25) is 0 Å². The molecule has 0 bridgehead atoms. The van der Waals surface area contributed by atoms with Gasteiger partial charge < -0.3 is 20.4 Å². The molecule has 0 unspecified atom stereocenters. The Morgan fingerprint density at radius 2 is 1.97 bits per heavy atom. The third-order valence-corrected chi connectivity index (χ3v) is 6.94. The van der Waals surface area contributed by atoms with Gasteiger partial charge >= 0.3 is 6.03 Å². The van der Waals surface area contributed by atoms with Crippen LogP contribution in [0.15, 0.2) is 24.3 Å². The van der Waals surface area contributed by atoms with Crippen LogP contribution < -0.4 is 10.6 Å². The maximum absolute atomic E-state index is 13.5. The zero-order valence-corrected chi connectivity index (χ0v) is 17.2. The topological polar surface area (TPSA) is 81.8 Å². The van der Waals surface area contributed by atoms with Crippen molar-refractivity contribution in [3.05, 3.63) is 29.8 Å². The number of carbonyl (C=O) groups is 3. The minimum Gasteiger partial charge on any atom is -0.356 e. The average Bonchev–Trinajstić information content (AvgIpc) is 3.00. The van der Waals surface area contributed by atoms with Gasteiger partial charge in [-0.1, -0.05) is 38.5 Å². The molecule has 1 aromatic carbocycles. The second-order valence-corrected chi connectivity index (χ2v) is 8.83. The number of carbonyl (C=O) groups excluding carboxylic acids is 3. The Bertz CT molecular complexity index is 816. The molecule has 2 atom stereocenters. The van der Waals surface area contributed by atoms with Crippen LogP contribution in [0.5, 0.6) is 0 Å². The Morgan fingerprint density at radius 3 is 2.62 bits per heavy atom. The number of rotatable bonds is 2. The van der Waals surface area contributed by atoms with E-state index in [9.17, 15) is 14.4 Å². The van der Waals surface area contributed by atoms with Crippen molar-refractivity contribution >= 4 is 23.5 Å². The number of benzene rings is 1. The highest BCUT2D eigenvalue weighted by Crippen LogP contribution is 2.38. The van der Waals surface area contributed by atoms with Crippen molar-refractivity contribution < 1.29 is 14.4 Å². The predicted molar refractivity (Wildman–Crippen MR) is 110 cm³/mol. The van der Waals surface area contributed by atoms with Crippen molar-refractivity contribution in [2.75, 3.05) is 25.0 Å². The van der Waals surface area contributed by atoms with Crippen LogP contribution in [0, 0.1) is 11.3 Å². The van der Waals surface area contributed by atoms with Crippen molar-refractivity contribution in [2.24, 2.45) is 11.3 Å². The predicted octanol–water partition coefficient (Wildman–Crippen LogP) is 2.58. The molecule has 3 aliphatic rings. The van der Waals surface area contributed by atoms with Crippen LogP contribution in [0.1, 0.15) is 45.1 Å². The number of urea groups is 1. The fourth-order valence-electron chi connectivity index (χ4n) is 4.84. The summed E-state index contributed by atoms with van der Waals surface area (Å²) in [6, 6.07) is 7.13. The zero-order chi connectivity index (χ0) is 20.6. The van der Waals surface area contributed by atoms with E-state index in [0.717, 1.165) is 30.5 Å². The summed E-state index contributed by atoms with van der Waals surface area (Å²) in [6.07, 6.45) is 3.02. The summed E-state index contributed by atoms with van der Waals surface area (Å²) in [5.41, 5.74) is 1.74. The Balaban J connectivity index is 1.56. The number of nitrogens with one attached hydrogen (secondary N) is 2. The summed E-state index contributed by atoms with van der Waals surface area (Å²) in [4.78, 5) is 41.9. The summed E-state index contributed by atoms with van der Waals surface area (Å²) in [7, 11) is 0. The van der Waals surface area contributed by atoms with Crippen molar-refractivity contribution in [3.8, 4) is 0 Å². The third kappa shape index (κ3) is 3.70. The molecule has 0 saturated carbocycles. The molecule has 2 N–H and O–H groups in total. The lowest BCUT2D eigenvalue weighted by Crippen LogP contribution is -2.55. The summed E-state index contributed by atoms with van der Waals surface area (Å²) < 4.78 is 0. The van der Waals surface area contributed by atoms with Crippen LogP contribution in [0.4, 0.5) is 10.5 Å².